The standard InChI is InChI=1S/C10H10N4O2/c1-12-13-8-6-4-2-3-5-7(6)9(15)14(11)10(8)16/h2-5,15H,11H2,1H3. The molecule has 82 valence electrons. The molecule has 0 aliphatic rings. The third kappa shape index (κ3) is 1.31. The molecule has 1 heterocycles. The van der Waals surface area contributed by atoms with Crippen molar-refractivity contribution >= 4 is 16.5 Å². The first kappa shape index (κ1) is 10.2. The van der Waals surface area contributed by atoms with Crippen LogP contribution in [0, 0.1) is 0 Å². The van der Waals surface area contributed by atoms with E-state index in [4.69, 9.17) is 5.84 Å². The van der Waals surface area contributed by atoms with E-state index in [2.05, 4.69) is 10.2 Å². The molecular weight excluding hydrogens is 208 g/mol. The molecule has 6 heteroatoms. The van der Waals surface area contributed by atoms with Crippen LogP contribution in [0.4, 0.5) is 5.69 Å². The molecule has 1 aromatic heterocycles. The van der Waals surface area contributed by atoms with Gasteiger partial charge in [0.25, 0.3) is 5.56 Å². The van der Waals surface area contributed by atoms with Gasteiger partial charge in [0, 0.05) is 17.8 Å². The summed E-state index contributed by atoms with van der Waals surface area (Å²) in [6, 6.07) is 6.82. The van der Waals surface area contributed by atoms with Gasteiger partial charge in [-0.25, -0.2) is 0 Å². The van der Waals surface area contributed by atoms with Gasteiger partial charge >= 0.3 is 0 Å². The van der Waals surface area contributed by atoms with E-state index in [1.165, 1.54) is 7.05 Å². The zero-order chi connectivity index (χ0) is 11.7. The minimum Gasteiger partial charge on any atom is -0.493 e. The number of nitrogens with zero attached hydrogens (tertiary/aromatic N) is 3. The Bertz CT molecular complexity index is 630. The van der Waals surface area contributed by atoms with Crippen LogP contribution in [-0.4, -0.2) is 16.8 Å². The molecule has 0 fully saturated rings. The summed E-state index contributed by atoms with van der Waals surface area (Å²) in [5.74, 6) is 5.15. The van der Waals surface area contributed by atoms with Crippen LogP contribution in [0.5, 0.6) is 5.88 Å². The molecule has 0 spiro atoms. The fourth-order valence-corrected chi connectivity index (χ4v) is 1.54. The third-order valence-corrected chi connectivity index (χ3v) is 2.27. The molecule has 3 N–H and O–H groups in total. The molecule has 0 aliphatic heterocycles. The third-order valence-electron chi connectivity index (χ3n) is 2.27. The maximum atomic E-state index is 11.7. The highest BCUT2D eigenvalue weighted by Crippen LogP contribution is 2.28. The highest BCUT2D eigenvalue weighted by Gasteiger charge is 2.13. The van der Waals surface area contributed by atoms with E-state index in [0.717, 1.165) is 0 Å². The summed E-state index contributed by atoms with van der Waals surface area (Å²) in [6.45, 7) is 0. The van der Waals surface area contributed by atoms with Gasteiger partial charge in [0.2, 0.25) is 5.88 Å². The predicted molar refractivity (Wildman–Crippen MR) is 60.5 cm³/mol. The molecule has 1 aromatic carbocycles. The lowest BCUT2D eigenvalue weighted by atomic mass is 10.1. The molecule has 0 saturated carbocycles. The smallest absolute Gasteiger partial charge is 0.300 e. The number of azo groups is 1. The number of fused-ring (bicyclic) bond motifs is 1. The maximum absolute atomic E-state index is 11.7. The summed E-state index contributed by atoms with van der Waals surface area (Å²) in [5.41, 5.74) is -0.458. The van der Waals surface area contributed by atoms with E-state index in [9.17, 15) is 9.90 Å². The molecule has 0 aliphatic carbocycles. The lowest BCUT2D eigenvalue weighted by molar-refractivity contribution is 0.437. The van der Waals surface area contributed by atoms with Crippen LogP contribution >= 0.6 is 0 Å². The molecular formula is C10H10N4O2. The summed E-state index contributed by atoms with van der Waals surface area (Å²) in [7, 11) is 1.46. The number of benzene rings is 1. The summed E-state index contributed by atoms with van der Waals surface area (Å²) in [6.07, 6.45) is 0. The van der Waals surface area contributed by atoms with Crippen molar-refractivity contribution in [2.45, 2.75) is 0 Å². The van der Waals surface area contributed by atoms with Gasteiger partial charge in [-0.1, -0.05) is 18.2 Å². The number of hydrogen-bond acceptors (Lipinski definition) is 5. The zero-order valence-corrected chi connectivity index (χ0v) is 8.58. The number of aromatic hydroxyl groups is 1. The first-order valence-electron chi connectivity index (χ1n) is 4.58. The van der Waals surface area contributed by atoms with Gasteiger partial charge in [-0.05, 0) is 6.07 Å². The molecule has 2 aromatic rings. The van der Waals surface area contributed by atoms with Gasteiger partial charge in [0.05, 0.1) is 0 Å². The summed E-state index contributed by atoms with van der Waals surface area (Å²) in [4.78, 5) is 11.7. The monoisotopic (exact) mass is 218 g/mol. The van der Waals surface area contributed by atoms with E-state index in [1.807, 2.05) is 0 Å². The Balaban J connectivity index is 3.04. The lowest BCUT2D eigenvalue weighted by Gasteiger charge is -2.07. The molecule has 0 atom stereocenters. The Labute approximate surface area is 90.6 Å². The van der Waals surface area contributed by atoms with E-state index >= 15 is 0 Å². The van der Waals surface area contributed by atoms with Crippen molar-refractivity contribution in [2.24, 2.45) is 10.2 Å². The summed E-state index contributed by atoms with van der Waals surface area (Å²) < 4.78 is 0.659. The van der Waals surface area contributed by atoms with Crippen LogP contribution in [0.2, 0.25) is 0 Å². The van der Waals surface area contributed by atoms with Gasteiger partial charge in [0.15, 0.2) is 5.69 Å². The Hall–Kier alpha value is -2.37. The average molecular weight is 218 g/mol. The fourth-order valence-electron chi connectivity index (χ4n) is 1.54. The molecule has 2 rings (SSSR count). The lowest BCUT2D eigenvalue weighted by Crippen LogP contribution is -2.26. The normalized spacial score (nSPS) is 11.3. The molecule has 0 unspecified atom stereocenters. The predicted octanol–water partition coefficient (Wildman–Crippen LogP) is 1.13. The fraction of sp³-hybridized carbons (Fsp3) is 0.100. The first-order chi connectivity index (χ1) is 7.66. The van der Waals surface area contributed by atoms with Crippen molar-refractivity contribution < 1.29 is 5.11 Å². The Morgan fingerprint density at radius 3 is 2.56 bits per heavy atom. The Morgan fingerprint density at radius 2 is 1.94 bits per heavy atom. The van der Waals surface area contributed by atoms with E-state index in [1.54, 1.807) is 24.3 Å². The number of nitrogen functional groups attached to an aromatic ring is 1. The molecule has 0 saturated heterocycles. The highest BCUT2D eigenvalue weighted by atomic mass is 16.3. The second kappa shape index (κ2) is 3.65. The molecule has 16 heavy (non-hydrogen) atoms. The second-order valence-electron chi connectivity index (χ2n) is 3.19. The van der Waals surface area contributed by atoms with Crippen LogP contribution in [0.15, 0.2) is 39.3 Å². The van der Waals surface area contributed by atoms with E-state index in [0.29, 0.717) is 15.4 Å². The molecule has 6 nitrogen and oxygen atoms in total. The number of pyridine rings is 1. The number of hydrogen-bond donors (Lipinski definition) is 2. The topological polar surface area (TPSA) is 93.0 Å². The number of nitrogens with two attached hydrogens (primary N) is 1. The van der Waals surface area contributed by atoms with Crippen molar-refractivity contribution in [2.75, 3.05) is 12.9 Å². The van der Waals surface area contributed by atoms with E-state index < -0.39 is 5.56 Å². The van der Waals surface area contributed by atoms with Crippen LogP contribution in [0.3, 0.4) is 0 Å². The minimum absolute atomic E-state index is 0.124. The molecule has 0 radical (unpaired) electrons. The van der Waals surface area contributed by atoms with Gasteiger partial charge in [-0.2, -0.15) is 9.79 Å². The number of aromatic nitrogens is 1. The summed E-state index contributed by atoms with van der Waals surface area (Å²) in [5, 5.41) is 18.0. The van der Waals surface area contributed by atoms with Crippen molar-refractivity contribution in [1.82, 2.24) is 4.68 Å². The SMILES string of the molecule is CN=Nc1c(=O)n(N)c(O)c2ccccc12. The van der Waals surface area contributed by atoms with E-state index in [-0.39, 0.29) is 11.6 Å². The van der Waals surface area contributed by atoms with Crippen LogP contribution in [-0.2, 0) is 0 Å². The number of rotatable bonds is 1. The van der Waals surface area contributed by atoms with Gasteiger partial charge < -0.3 is 10.9 Å². The average Bonchev–Trinajstić information content (AvgIpc) is 2.32. The van der Waals surface area contributed by atoms with Crippen LogP contribution in [0.1, 0.15) is 0 Å². The zero-order valence-electron chi connectivity index (χ0n) is 8.58. The van der Waals surface area contributed by atoms with Crippen molar-refractivity contribution in [3.05, 3.63) is 34.6 Å². The van der Waals surface area contributed by atoms with Crippen LogP contribution in [0.25, 0.3) is 10.8 Å². The van der Waals surface area contributed by atoms with Crippen molar-refractivity contribution in [1.29, 1.82) is 0 Å². The maximum Gasteiger partial charge on any atom is 0.300 e. The van der Waals surface area contributed by atoms with Gasteiger partial charge in [-0.3, -0.25) is 4.79 Å². The highest BCUT2D eigenvalue weighted by molar-refractivity contribution is 5.95. The summed E-state index contributed by atoms with van der Waals surface area (Å²) >= 11 is 0. The largest absolute Gasteiger partial charge is 0.493 e. The quantitative estimate of drug-likeness (QED) is 0.555. The Kier molecular flexibility index (Phi) is 2.32. The Morgan fingerprint density at radius 1 is 1.31 bits per heavy atom. The van der Waals surface area contributed by atoms with Gasteiger partial charge in [-0.15, -0.1) is 5.11 Å². The van der Waals surface area contributed by atoms with Crippen molar-refractivity contribution in [3.8, 4) is 5.88 Å². The van der Waals surface area contributed by atoms with Gasteiger partial charge in [0.1, 0.15) is 0 Å². The second-order valence-corrected chi connectivity index (χ2v) is 3.19. The molecule has 0 amide bonds. The first-order valence-corrected chi connectivity index (χ1v) is 4.58. The molecule has 0 bridgehead atoms. The minimum atomic E-state index is -0.582. The van der Waals surface area contributed by atoms with Crippen LogP contribution < -0.4 is 11.4 Å². The van der Waals surface area contributed by atoms with Crippen molar-refractivity contribution in [3.63, 3.8) is 0 Å².